The van der Waals surface area contributed by atoms with E-state index in [2.05, 4.69) is 21.4 Å². The van der Waals surface area contributed by atoms with Crippen LogP contribution in [0.5, 0.6) is 0 Å². The Labute approximate surface area is 151 Å². The van der Waals surface area contributed by atoms with E-state index in [-0.39, 0.29) is 17.2 Å². The van der Waals surface area contributed by atoms with Crippen LogP contribution in [0.1, 0.15) is 17.7 Å². The predicted octanol–water partition coefficient (Wildman–Crippen LogP) is 1.93. The van der Waals surface area contributed by atoms with Gasteiger partial charge in [0.05, 0.1) is 5.75 Å². The molecule has 0 fully saturated rings. The van der Waals surface area contributed by atoms with Crippen LogP contribution in [0.15, 0.2) is 33.4 Å². The lowest BCUT2D eigenvalue weighted by Gasteiger charge is -2.29. The minimum absolute atomic E-state index is 0.0472. The molecule has 0 saturated heterocycles. The van der Waals surface area contributed by atoms with Gasteiger partial charge in [-0.15, -0.1) is 15.3 Å². The molecule has 3 heterocycles. The maximum Gasteiger partial charge on any atom is 0.296 e. The standard InChI is InChI=1S/C16H15N5O2S2/c1-10-14(23)21-15(18-17-10)25-16(19-21)24-9-13(22)20-8-4-6-11-5-2-3-7-12(11)20/h2-3,5,7H,4,6,8-9H2,1H3. The Bertz CT molecular complexity index is 1010. The molecule has 0 atom stereocenters. The second kappa shape index (κ2) is 6.57. The molecule has 0 saturated carbocycles. The molecule has 0 spiro atoms. The molecule has 7 nitrogen and oxygen atoms in total. The van der Waals surface area contributed by atoms with Crippen molar-refractivity contribution in [3.8, 4) is 0 Å². The average Bonchev–Trinajstić information content (AvgIpc) is 3.06. The average molecular weight is 373 g/mol. The van der Waals surface area contributed by atoms with E-state index in [4.69, 9.17) is 0 Å². The van der Waals surface area contributed by atoms with Crippen molar-refractivity contribution in [3.63, 3.8) is 0 Å². The Morgan fingerprint density at radius 2 is 2.16 bits per heavy atom. The molecule has 1 aliphatic rings. The summed E-state index contributed by atoms with van der Waals surface area (Å²) in [5, 5.41) is 12.0. The van der Waals surface area contributed by atoms with E-state index < -0.39 is 0 Å². The van der Waals surface area contributed by atoms with Crippen LogP contribution >= 0.6 is 23.1 Å². The Hall–Kier alpha value is -2.26. The number of aryl methyl sites for hydroxylation is 2. The van der Waals surface area contributed by atoms with Crippen LogP contribution in [0.3, 0.4) is 0 Å². The number of hydrogen-bond acceptors (Lipinski definition) is 7. The van der Waals surface area contributed by atoms with Gasteiger partial charge in [0.25, 0.3) is 5.56 Å². The first-order valence-electron chi connectivity index (χ1n) is 7.88. The molecule has 0 bridgehead atoms. The fourth-order valence-corrected chi connectivity index (χ4v) is 4.58. The quantitative estimate of drug-likeness (QED) is 0.653. The summed E-state index contributed by atoms with van der Waals surface area (Å²) in [7, 11) is 0. The number of carbonyl (C=O) groups excluding carboxylic acids is 1. The lowest BCUT2D eigenvalue weighted by atomic mass is 10.0. The van der Waals surface area contributed by atoms with Gasteiger partial charge in [0.1, 0.15) is 5.69 Å². The van der Waals surface area contributed by atoms with Crippen LogP contribution in [-0.2, 0) is 11.2 Å². The number of anilines is 1. The largest absolute Gasteiger partial charge is 0.311 e. The van der Waals surface area contributed by atoms with E-state index in [9.17, 15) is 9.59 Å². The van der Waals surface area contributed by atoms with Crippen molar-refractivity contribution in [2.45, 2.75) is 24.1 Å². The minimum Gasteiger partial charge on any atom is -0.311 e. The minimum atomic E-state index is -0.274. The van der Waals surface area contributed by atoms with Crippen LogP contribution in [0, 0.1) is 6.92 Å². The number of thioether (sulfide) groups is 1. The van der Waals surface area contributed by atoms with E-state index in [0.29, 0.717) is 15.0 Å². The van der Waals surface area contributed by atoms with E-state index in [1.807, 2.05) is 23.1 Å². The van der Waals surface area contributed by atoms with Gasteiger partial charge in [0, 0.05) is 12.2 Å². The first-order valence-corrected chi connectivity index (χ1v) is 9.68. The molecule has 128 valence electrons. The number of fused-ring (bicyclic) bond motifs is 2. The summed E-state index contributed by atoms with van der Waals surface area (Å²) >= 11 is 2.59. The SMILES string of the molecule is Cc1nnc2sc(SCC(=O)N3CCCc4ccccc43)nn2c1=O. The van der Waals surface area contributed by atoms with Crippen molar-refractivity contribution in [2.24, 2.45) is 0 Å². The molecule has 0 radical (unpaired) electrons. The maximum atomic E-state index is 12.7. The first-order chi connectivity index (χ1) is 12.1. The Morgan fingerprint density at radius 3 is 3.04 bits per heavy atom. The number of amides is 1. The van der Waals surface area contributed by atoms with Gasteiger partial charge in [-0.2, -0.15) is 4.52 Å². The van der Waals surface area contributed by atoms with E-state index in [1.165, 1.54) is 33.2 Å². The van der Waals surface area contributed by atoms with Crippen molar-refractivity contribution in [3.05, 3.63) is 45.9 Å². The van der Waals surface area contributed by atoms with Crippen molar-refractivity contribution >= 4 is 39.7 Å². The molecule has 4 rings (SSSR count). The van der Waals surface area contributed by atoms with Crippen molar-refractivity contribution in [2.75, 3.05) is 17.2 Å². The molecule has 9 heteroatoms. The molecule has 0 N–H and O–H groups in total. The Morgan fingerprint density at radius 1 is 1.32 bits per heavy atom. The Kier molecular flexibility index (Phi) is 4.26. The number of hydrogen-bond donors (Lipinski definition) is 0. The summed E-state index contributed by atoms with van der Waals surface area (Å²) in [6.45, 7) is 2.34. The van der Waals surface area contributed by atoms with Gasteiger partial charge in [-0.05, 0) is 31.4 Å². The highest BCUT2D eigenvalue weighted by atomic mass is 32.2. The van der Waals surface area contributed by atoms with Crippen molar-refractivity contribution in [1.29, 1.82) is 0 Å². The molecular formula is C16H15N5O2S2. The third-order valence-corrected chi connectivity index (χ3v) is 6.08. The van der Waals surface area contributed by atoms with Crippen molar-refractivity contribution in [1.82, 2.24) is 19.8 Å². The van der Waals surface area contributed by atoms with Crippen molar-refractivity contribution < 1.29 is 4.79 Å². The summed E-state index contributed by atoms with van der Waals surface area (Å²) < 4.78 is 1.88. The number of carbonyl (C=O) groups is 1. The predicted molar refractivity (Wildman–Crippen MR) is 97.5 cm³/mol. The zero-order valence-electron chi connectivity index (χ0n) is 13.5. The molecule has 2 aromatic heterocycles. The van der Waals surface area contributed by atoms with Crippen LogP contribution in [0.2, 0.25) is 0 Å². The summed E-state index contributed by atoms with van der Waals surface area (Å²) in [6.07, 6.45) is 1.98. The molecular weight excluding hydrogens is 358 g/mol. The van der Waals surface area contributed by atoms with Gasteiger partial charge >= 0.3 is 0 Å². The molecule has 1 aromatic carbocycles. The molecule has 25 heavy (non-hydrogen) atoms. The number of nitrogens with zero attached hydrogens (tertiary/aromatic N) is 5. The highest BCUT2D eigenvalue weighted by Crippen LogP contribution is 2.29. The van der Waals surface area contributed by atoms with Gasteiger partial charge in [-0.3, -0.25) is 9.59 Å². The third-order valence-electron chi connectivity index (χ3n) is 4.06. The van der Waals surface area contributed by atoms with Crippen LogP contribution in [0.4, 0.5) is 5.69 Å². The summed E-state index contributed by atoms with van der Waals surface area (Å²) in [5.74, 6) is 0.320. The van der Waals surface area contributed by atoms with Crippen LogP contribution in [0.25, 0.3) is 4.96 Å². The van der Waals surface area contributed by atoms with Gasteiger partial charge in [0.15, 0.2) is 4.34 Å². The zero-order valence-corrected chi connectivity index (χ0v) is 15.1. The van der Waals surface area contributed by atoms with Gasteiger partial charge in [0.2, 0.25) is 10.9 Å². The monoisotopic (exact) mass is 373 g/mol. The second-order valence-corrected chi connectivity index (χ2v) is 7.90. The molecule has 0 aliphatic carbocycles. The van der Waals surface area contributed by atoms with Crippen LogP contribution < -0.4 is 10.5 Å². The maximum absolute atomic E-state index is 12.7. The Balaban J connectivity index is 1.51. The topological polar surface area (TPSA) is 80.5 Å². The summed E-state index contributed by atoms with van der Waals surface area (Å²) in [5.41, 5.74) is 2.25. The molecule has 1 aliphatic heterocycles. The number of benzene rings is 1. The lowest BCUT2D eigenvalue weighted by molar-refractivity contribution is -0.116. The fourth-order valence-electron chi connectivity index (χ4n) is 2.83. The lowest BCUT2D eigenvalue weighted by Crippen LogP contribution is -2.36. The first kappa shape index (κ1) is 16.2. The number of rotatable bonds is 3. The fraction of sp³-hybridized carbons (Fsp3) is 0.312. The highest BCUT2D eigenvalue weighted by molar-refractivity contribution is 8.01. The number of aromatic nitrogens is 4. The highest BCUT2D eigenvalue weighted by Gasteiger charge is 2.22. The molecule has 3 aromatic rings. The summed E-state index contributed by atoms with van der Waals surface area (Å²) in [4.78, 5) is 26.9. The van der Waals surface area contributed by atoms with Gasteiger partial charge in [-0.25, -0.2) is 0 Å². The normalized spacial score (nSPS) is 13.9. The van der Waals surface area contributed by atoms with Gasteiger partial charge < -0.3 is 4.90 Å². The van der Waals surface area contributed by atoms with Gasteiger partial charge in [-0.1, -0.05) is 41.3 Å². The third kappa shape index (κ3) is 3.05. The number of para-hydroxylation sites is 1. The van der Waals surface area contributed by atoms with E-state index >= 15 is 0 Å². The summed E-state index contributed by atoms with van der Waals surface area (Å²) in [6, 6.07) is 8.03. The van der Waals surface area contributed by atoms with E-state index in [0.717, 1.165) is 25.1 Å². The molecule has 1 amide bonds. The second-order valence-electron chi connectivity index (χ2n) is 5.72. The smallest absolute Gasteiger partial charge is 0.296 e. The molecule has 0 unspecified atom stereocenters. The van der Waals surface area contributed by atoms with Crippen LogP contribution in [-0.4, -0.2) is 38.0 Å². The van der Waals surface area contributed by atoms with E-state index in [1.54, 1.807) is 6.92 Å². The zero-order chi connectivity index (χ0) is 17.4.